The molecule has 1 aromatic carbocycles. The van der Waals surface area contributed by atoms with Crippen molar-refractivity contribution in [2.45, 2.75) is 6.54 Å². The lowest BCUT2D eigenvalue weighted by Crippen LogP contribution is -2.39. The van der Waals surface area contributed by atoms with Crippen molar-refractivity contribution < 1.29 is 19.1 Å². The molecule has 1 aliphatic heterocycles. The van der Waals surface area contributed by atoms with Crippen LogP contribution in [0.2, 0.25) is 0 Å². The number of amides is 3. The van der Waals surface area contributed by atoms with Gasteiger partial charge < -0.3 is 19.7 Å². The van der Waals surface area contributed by atoms with Gasteiger partial charge in [-0.05, 0) is 29.8 Å². The molecule has 0 saturated carbocycles. The molecule has 8 nitrogen and oxygen atoms in total. The van der Waals surface area contributed by atoms with E-state index in [1.54, 1.807) is 49.7 Å². The molecule has 142 valence electrons. The molecule has 0 radical (unpaired) electrons. The van der Waals surface area contributed by atoms with Crippen molar-refractivity contribution in [2.24, 2.45) is 0 Å². The number of ether oxygens (including phenoxy) is 2. The van der Waals surface area contributed by atoms with Crippen molar-refractivity contribution in [1.29, 1.82) is 0 Å². The van der Waals surface area contributed by atoms with Crippen LogP contribution in [0, 0.1) is 0 Å². The summed E-state index contributed by atoms with van der Waals surface area (Å²) in [6.45, 7) is 1.41. The van der Waals surface area contributed by atoms with E-state index in [1.807, 2.05) is 12.1 Å². The van der Waals surface area contributed by atoms with Crippen LogP contribution in [0.5, 0.6) is 11.5 Å². The van der Waals surface area contributed by atoms with Crippen molar-refractivity contribution >= 4 is 17.6 Å². The number of anilines is 1. The highest BCUT2D eigenvalue weighted by Crippen LogP contribution is 2.32. The van der Waals surface area contributed by atoms with Crippen molar-refractivity contribution in [3.05, 3.63) is 48.3 Å². The number of hydrogen-bond acceptors (Lipinski definition) is 5. The molecule has 3 amide bonds. The molecular formula is C19H22N4O4. The van der Waals surface area contributed by atoms with Gasteiger partial charge in [-0.1, -0.05) is 0 Å². The van der Waals surface area contributed by atoms with Gasteiger partial charge in [-0.25, -0.2) is 4.79 Å². The first-order valence-corrected chi connectivity index (χ1v) is 8.56. The summed E-state index contributed by atoms with van der Waals surface area (Å²) >= 11 is 0. The van der Waals surface area contributed by atoms with Gasteiger partial charge in [-0.15, -0.1) is 0 Å². The zero-order valence-corrected chi connectivity index (χ0v) is 15.3. The van der Waals surface area contributed by atoms with Crippen LogP contribution in [-0.4, -0.2) is 55.7 Å². The van der Waals surface area contributed by atoms with E-state index in [9.17, 15) is 9.59 Å². The second-order valence-electron chi connectivity index (χ2n) is 6.03. The fourth-order valence-electron chi connectivity index (χ4n) is 2.89. The van der Waals surface area contributed by atoms with E-state index < -0.39 is 0 Å². The van der Waals surface area contributed by atoms with E-state index in [1.165, 1.54) is 4.90 Å². The van der Waals surface area contributed by atoms with Gasteiger partial charge in [0.2, 0.25) is 5.91 Å². The Kier molecular flexibility index (Phi) is 5.75. The highest BCUT2D eigenvalue weighted by molar-refractivity contribution is 5.96. The molecule has 1 fully saturated rings. The fourth-order valence-corrected chi connectivity index (χ4v) is 2.89. The summed E-state index contributed by atoms with van der Waals surface area (Å²) < 4.78 is 10.5. The number of urea groups is 1. The van der Waals surface area contributed by atoms with Crippen molar-refractivity contribution in [1.82, 2.24) is 15.2 Å². The van der Waals surface area contributed by atoms with E-state index in [2.05, 4.69) is 10.3 Å². The Morgan fingerprint density at radius 2 is 1.85 bits per heavy atom. The summed E-state index contributed by atoms with van der Waals surface area (Å²) in [7, 11) is 3.11. The molecule has 1 aliphatic rings. The fraction of sp³-hybridized carbons (Fsp3) is 0.316. The number of carbonyl (C=O) groups excluding carboxylic acids is 2. The summed E-state index contributed by atoms with van der Waals surface area (Å²) in [6.07, 6.45) is 3.35. The average Bonchev–Trinajstić information content (AvgIpc) is 3.06. The topological polar surface area (TPSA) is 84.0 Å². The average molecular weight is 370 g/mol. The molecule has 0 atom stereocenters. The molecule has 0 unspecified atom stereocenters. The second kappa shape index (κ2) is 8.39. The van der Waals surface area contributed by atoms with Crippen molar-refractivity contribution in [3.63, 3.8) is 0 Å². The van der Waals surface area contributed by atoms with Gasteiger partial charge in [0.15, 0.2) is 11.5 Å². The van der Waals surface area contributed by atoms with Gasteiger partial charge in [0, 0.05) is 43.8 Å². The Balaban J connectivity index is 1.59. The molecule has 1 N–H and O–H groups in total. The maximum Gasteiger partial charge on any atom is 0.325 e. The lowest BCUT2D eigenvalue weighted by molar-refractivity contribution is -0.121. The van der Waals surface area contributed by atoms with Crippen molar-refractivity contribution in [3.8, 4) is 11.5 Å². The maximum atomic E-state index is 12.7. The molecule has 0 spiro atoms. The minimum atomic E-state index is -0.207. The number of aromatic nitrogens is 1. The highest BCUT2D eigenvalue weighted by atomic mass is 16.5. The molecule has 2 aromatic rings. The second-order valence-corrected chi connectivity index (χ2v) is 6.03. The number of pyridine rings is 1. The SMILES string of the molecule is COc1ccc(N2CCN(CC(=O)NCc3ccncc3)C2=O)cc1OC. The summed E-state index contributed by atoms with van der Waals surface area (Å²) in [5, 5.41) is 2.82. The van der Waals surface area contributed by atoms with E-state index in [0.717, 1.165) is 5.56 Å². The Hall–Kier alpha value is -3.29. The van der Waals surface area contributed by atoms with Gasteiger partial charge in [0.25, 0.3) is 0 Å². The number of rotatable bonds is 7. The summed E-state index contributed by atoms with van der Waals surface area (Å²) in [5.74, 6) is 0.950. The van der Waals surface area contributed by atoms with E-state index in [0.29, 0.717) is 36.8 Å². The smallest absolute Gasteiger partial charge is 0.325 e. The van der Waals surface area contributed by atoms with Crippen LogP contribution < -0.4 is 19.7 Å². The summed E-state index contributed by atoms with van der Waals surface area (Å²) in [6, 6.07) is 8.77. The maximum absolute atomic E-state index is 12.7. The number of nitrogens with one attached hydrogen (secondary N) is 1. The summed E-state index contributed by atoms with van der Waals surface area (Å²) in [4.78, 5) is 31.9. The third kappa shape index (κ3) is 4.28. The van der Waals surface area contributed by atoms with Crippen LogP contribution in [-0.2, 0) is 11.3 Å². The Bertz CT molecular complexity index is 813. The Morgan fingerprint density at radius 3 is 2.56 bits per heavy atom. The molecule has 3 rings (SSSR count). The lowest BCUT2D eigenvalue weighted by Gasteiger charge is -2.19. The quantitative estimate of drug-likeness (QED) is 0.801. The van der Waals surface area contributed by atoms with Crippen LogP contribution in [0.4, 0.5) is 10.5 Å². The van der Waals surface area contributed by atoms with Gasteiger partial charge in [-0.3, -0.25) is 14.7 Å². The summed E-state index contributed by atoms with van der Waals surface area (Å²) in [5.41, 5.74) is 1.66. The zero-order valence-electron chi connectivity index (χ0n) is 15.3. The zero-order chi connectivity index (χ0) is 19.2. The molecule has 0 aliphatic carbocycles. The van der Waals surface area contributed by atoms with Crippen LogP contribution in [0.1, 0.15) is 5.56 Å². The molecule has 0 bridgehead atoms. The van der Waals surface area contributed by atoms with E-state index in [4.69, 9.17) is 9.47 Å². The normalized spacial score (nSPS) is 13.6. The molecule has 27 heavy (non-hydrogen) atoms. The number of nitrogens with zero attached hydrogens (tertiary/aromatic N) is 3. The Labute approximate surface area is 157 Å². The predicted octanol–water partition coefficient (Wildman–Crippen LogP) is 1.66. The first-order chi connectivity index (χ1) is 13.1. The van der Waals surface area contributed by atoms with Crippen LogP contribution in [0.25, 0.3) is 0 Å². The molecule has 8 heteroatoms. The number of benzene rings is 1. The van der Waals surface area contributed by atoms with Gasteiger partial charge in [0.05, 0.1) is 14.2 Å². The van der Waals surface area contributed by atoms with E-state index in [-0.39, 0.29) is 18.5 Å². The van der Waals surface area contributed by atoms with Crippen LogP contribution >= 0.6 is 0 Å². The first-order valence-electron chi connectivity index (χ1n) is 8.56. The number of hydrogen-bond donors (Lipinski definition) is 1. The lowest BCUT2D eigenvalue weighted by atomic mass is 10.2. The number of methoxy groups -OCH3 is 2. The third-order valence-corrected chi connectivity index (χ3v) is 4.35. The molecular weight excluding hydrogens is 348 g/mol. The minimum absolute atomic E-state index is 0.0215. The molecule has 1 saturated heterocycles. The van der Waals surface area contributed by atoms with Crippen LogP contribution in [0.3, 0.4) is 0 Å². The predicted molar refractivity (Wildman–Crippen MR) is 99.9 cm³/mol. The Morgan fingerprint density at radius 1 is 1.11 bits per heavy atom. The van der Waals surface area contributed by atoms with E-state index >= 15 is 0 Å². The standard InChI is InChI=1S/C19H22N4O4/c1-26-16-4-3-15(11-17(16)27-2)23-10-9-22(19(23)25)13-18(24)21-12-14-5-7-20-8-6-14/h3-8,11H,9-10,12-13H2,1-2H3,(H,21,24). The van der Waals surface area contributed by atoms with Crippen LogP contribution in [0.15, 0.2) is 42.7 Å². The minimum Gasteiger partial charge on any atom is -0.493 e. The third-order valence-electron chi connectivity index (χ3n) is 4.35. The molecule has 2 heterocycles. The number of carbonyl (C=O) groups is 2. The molecule has 1 aromatic heterocycles. The van der Waals surface area contributed by atoms with Gasteiger partial charge >= 0.3 is 6.03 Å². The largest absolute Gasteiger partial charge is 0.493 e. The van der Waals surface area contributed by atoms with Crippen molar-refractivity contribution in [2.75, 3.05) is 38.8 Å². The van der Waals surface area contributed by atoms with Gasteiger partial charge in [-0.2, -0.15) is 0 Å². The first kappa shape index (κ1) is 18.5. The monoisotopic (exact) mass is 370 g/mol. The highest BCUT2D eigenvalue weighted by Gasteiger charge is 2.31. The van der Waals surface area contributed by atoms with Gasteiger partial charge in [0.1, 0.15) is 6.54 Å².